The lowest BCUT2D eigenvalue weighted by Gasteiger charge is -2.24. The Balaban J connectivity index is 2.07. The van der Waals surface area contributed by atoms with Crippen LogP contribution in [0.25, 0.3) is 0 Å². The Kier molecular flexibility index (Phi) is 3.44. The minimum absolute atomic E-state index is 0.618. The number of anilines is 1. The summed E-state index contributed by atoms with van der Waals surface area (Å²) in [6.07, 6.45) is 2.51. The van der Waals surface area contributed by atoms with Crippen molar-refractivity contribution in [1.82, 2.24) is 5.32 Å². The molecule has 0 bridgehead atoms. The van der Waals surface area contributed by atoms with Gasteiger partial charge in [0, 0.05) is 18.3 Å². The standard InChI is InChI=1S/C13H18N2S/c1-3-15(13(16)14-11-6-7-11)12-8-4-10(2)5-9-12/h4-5,8-9,11H,3,6-7H2,1-2H3,(H,14,16). The molecule has 2 nitrogen and oxygen atoms in total. The Hall–Kier alpha value is -1.09. The average Bonchev–Trinajstić information content (AvgIpc) is 3.06. The Morgan fingerprint density at radius 1 is 1.38 bits per heavy atom. The molecule has 0 atom stereocenters. The summed E-state index contributed by atoms with van der Waals surface area (Å²) in [6.45, 7) is 5.13. The molecule has 0 amide bonds. The largest absolute Gasteiger partial charge is 0.360 e. The molecule has 1 aliphatic rings. The van der Waals surface area contributed by atoms with E-state index in [-0.39, 0.29) is 0 Å². The van der Waals surface area contributed by atoms with Crippen LogP contribution in [-0.4, -0.2) is 17.7 Å². The van der Waals surface area contributed by atoms with Gasteiger partial charge in [-0.1, -0.05) is 17.7 Å². The zero-order valence-electron chi connectivity index (χ0n) is 9.86. The molecule has 1 fully saturated rings. The highest BCUT2D eigenvalue weighted by molar-refractivity contribution is 7.80. The molecular weight excluding hydrogens is 216 g/mol. The third-order valence-corrected chi connectivity index (χ3v) is 3.15. The first-order valence-electron chi connectivity index (χ1n) is 5.85. The number of aryl methyl sites for hydroxylation is 1. The van der Waals surface area contributed by atoms with Gasteiger partial charge in [0.15, 0.2) is 5.11 Å². The molecule has 0 saturated heterocycles. The molecule has 86 valence electrons. The van der Waals surface area contributed by atoms with E-state index in [1.165, 1.54) is 24.1 Å². The van der Waals surface area contributed by atoms with Crippen molar-refractivity contribution in [3.05, 3.63) is 29.8 Å². The van der Waals surface area contributed by atoms with E-state index in [4.69, 9.17) is 12.2 Å². The third kappa shape index (κ3) is 2.73. The SMILES string of the molecule is CCN(C(=S)NC1CC1)c1ccc(C)cc1. The monoisotopic (exact) mass is 234 g/mol. The first kappa shape index (κ1) is 11.4. The van der Waals surface area contributed by atoms with Crippen LogP contribution < -0.4 is 10.2 Å². The van der Waals surface area contributed by atoms with Crippen molar-refractivity contribution in [2.75, 3.05) is 11.4 Å². The van der Waals surface area contributed by atoms with Crippen molar-refractivity contribution in [2.24, 2.45) is 0 Å². The molecule has 0 aliphatic heterocycles. The summed E-state index contributed by atoms with van der Waals surface area (Å²) in [7, 11) is 0. The predicted octanol–water partition coefficient (Wildman–Crippen LogP) is 2.86. The second-order valence-electron chi connectivity index (χ2n) is 4.30. The fourth-order valence-corrected chi connectivity index (χ4v) is 2.05. The van der Waals surface area contributed by atoms with Gasteiger partial charge < -0.3 is 10.2 Å². The quantitative estimate of drug-likeness (QED) is 0.810. The van der Waals surface area contributed by atoms with Crippen LogP contribution in [-0.2, 0) is 0 Å². The van der Waals surface area contributed by atoms with Crippen LogP contribution >= 0.6 is 12.2 Å². The lowest BCUT2D eigenvalue weighted by molar-refractivity contribution is 0.883. The third-order valence-electron chi connectivity index (χ3n) is 2.81. The fraction of sp³-hybridized carbons (Fsp3) is 0.462. The summed E-state index contributed by atoms with van der Waals surface area (Å²) in [5.41, 5.74) is 2.45. The van der Waals surface area contributed by atoms with E-state index >= 15 is 0 Å². The molecule has 1 N–H and O–H groups in total. The molecule has 3 heteroatoms. The normalized spacial score (nSPS) is 14.6. The summed E-state index contributed by atoms with van der Waals surface area (Å²) in [5, 5.41) is 4.23. The number of hydrogen-bond donors (Lipinski definition) is 1. The van der Waals surface area contributed by atoms with Gasteiger partial charge in [0.1, 0.15) is 0 Å². The minimum atomic E-state index is 0.618. The van der Waals surface area contributed by atoms with Crippen LogP contribution in [0.4, 0.5) is 5.69 Å². The molecule has 1 aromatic rings. The Morgan fingerprint density at radius 2 is 2.00 bits per heavy atom. The summed E-state index contributed by atoms with van der Waals surface area (Å²) >= 11 is 5.42. The first-order chi connectivity index (χ1) is 7.70. The maximum absolute atomic E-state index is 5.42. The highest BCUT2D eigenvalue weighted by Crippen LogP contribution is 2.21. The maximum atomic E-state index is 5.42. The highest BCUT2D eigenvalue weighted by Gasteiger charge is 2.23. The number of thiocarbonyl (C=S) groups is 1. The second-order valence-corrected chi connectivity index (χ2v) is 4.69. The molecular formula is C13H18N2S. The van der Waals surface area contributed by atoms with Crippen LogP contribution in [0.3, 0.4) is 0 Å². The van der Waals surface area contributed by atoms with Gasteiger partial charge in [-0.15, -0.1) is 0 Å². The number of benzene rings is 1. The smallest absolute Gasteiger partial charge is 0.173 e. The first-order valence-corrected chi connectivity index (χ1v) is 6.26. The van der Waals surface area contributed by atoms with Crippen molar-refractivity contribution >= 4 is 23.0 Å². The van der Waals surface area contributed by atoms with Crippen LogP contribution in [0, 0.1) is 6.92 Å². The molecule has 1 saturated carbocycles. The van der Waals surface area contributed by atoms with Crippen molar-refractivity contribution in [3.63, 3.8) is 0 Å². The molecule has 1 aliphatic carbocycles. The van der Waals surface area contributed by atoms with Gasteiger partial charge in [-0.2, -0.15) is 0 Å². The second kappa shape index (κ2) is 4.83. The predicted molar refractivity (Wildman–Crippen MR) is 73.0 cm³/mol. The van der Waals surface area contributed by atoms with Gasteiger partial charge in [0.25, 0.3) is 0 Å². The van der Waals surface area contributed by atoms with E-state index in [0.717, 1.165) is 11.7 Å². The molecule has 0 radical (unpaired) electrons. The summed E-state index contributed by atoms with van der Waals surface area (Å²) in [6, 6.07) is 9.11. The van der Waals surface area contributed by atoms with Crippen molar-refractivity contribution in [1.29, 1.82) is 0 Å². The molecule has 1 aromatic carbocycles. The van der Waals surface area contributed by atoms with Gasteiger partial charge in [-0.3, -0.25) is 0 Å². The molecule has 0 aromatic heterocycles. The van der Waals surface area contributed by atoms with Crippen LogP contribution in [0.15, 0.2) is 24.3 Å². The molecule has 2 rings (SSSR count). The van der Waals surface area contributed by atoms with Gasteiger partial charge in [-0.25, -0.2) is 0 Å². The Morgan fingerprint density at radius 3 is 2.50 bits per heavy atom. The number of nitrogens with zero attached hydrogens (tertiary/aromatic N) is 1. The zero-order chi connectivity index (χ0) is 11.5. The summed E-state index contributed by atoms with van der Waals surface area (Å²) in [4.78, 5) is 2.15. The average molecular weight is 234 g/mol. The van der Waals surface area contributed by atoms with E-state index in [1.54, 1.807) is 0 Å². The van der Waals surface area contributed by atoms with E-state index in [9.17, 15) is 0 Å². The lowest BCUT2D eigenvalue weighted by Crippen LogP contribution is -2.40. The summed E-state index contributed by atoms with van der Waals surface area (Å²) < 4.78 is 0. The molecule has 0 spiro atoms. The van der Waals surface area contributed by atoms with Crippen LogP contribution in [0.5, 0.6) is 0 Å². The van der Waals surface area contributed by atoms with Gasteiger partial charge >= 0.3 is 0 Å². The van der Waals surface area contributed by atoms with Crippen LogP contribution in [0.1, 0.15) is 25.3 Å². The zero-order valence-corrected chi connectivity index (χ0v) is 10.7. The Labute approximate surface area is 103 Å². The van der Waals surface area contributed by atoms with Gasteiger partial charge in [0.2, 0.25) is 0 Å². The van der Waals surface area contributed by atoms with E-state index in [2.05, 4.69) is 48.3 Å². The molecule has 0 heterocycles. The van der Waals surface area contributed by atoms with Crippen molar-refractivity contribution in [2.45, 2.75) is 32.7 Å². The minimum Gasteiger partial charge on any atom is -0.360 e. The van der Waals surface area contributed by atoms with E-state index in [0.29, 0.717) is 6.04 Å². The molecule has 0 unspecified atom stereocenters. The van der Waals surface area contributed by atoms with Gasteiger partial charge in [-0.05, 0) is 51.0 Å². The summed E-state index contributed by atoms with van der Waals surface area (Å²) in [5.74, 6) is 0. The number of rotatable bonds is 3. The van der Waals surface area contributed by atoms with Crippen LogP contribution in [0.2, 0.25) is 0 Å². The topological polar surface area (TPSA) is 15.3 Å². The van der Waals surface area contributed by atoms with E-state index in [1.807, 2.05) is 0 Å². The van der Waals surface area contributed by atoms with E-state index < -0.39 is 0 Å². The van der Waals surface area contributed by atoms with Crippen molar-refractivity contribution in [3.8, 4) is 0 Å². The highest BCUT2D eigenvalue weighted by atomic mass is 32.1. The number of nitrogens with one attached hydrogen (secondary N) is 1. The maximum Gasteiger partial charge on any atom is 0.173 e. The molecule has 16 heavy (non-hydrogen) atoms. The Bertz CT molecular complexity index is 368. The fourth-order valence-electron chi connectivity index (χ4n) is 1.65. The van der Waals surface area contributed by atoms with Crippen molar-refractivity contribution < 1.29 is 0 Å². The lowest BCUT2D eigenvalue weighted by atomic mass is 10.2. The number of hydrogen-bond acceptors (Lipinski definition) is 1. The van der Waals surface area contributed by atoms with Gasteiger partial charge in [0.05, 0.1) is 0 Å².